The molecule has 0 saturated carbocycles. The van der Waals surface area contributed by atoms with E-state index in [1.165, 1.54) is 19.2 Å². The van der Waals surface area contributed by atoms with Gasteiger partial charge < -0.3 is 10.1 Å². The summed E-state index contributed by atoms with van der Waals surface area (Å²) in [6.07, 6.45) is 0. The third kappa shape index (κ3) is 2.98. The van der Waals surface area contributed by atoms with E-state index in [-0.39, 0.29) is 11.6 Å². The topological polar surface area (TPSA) is 34.2 Å². The number of halogens is 4. The van der Waals surface area contributed by atoms with Gasteiger partial charge in [0.1, 0.15) is 0 Å². The third-order valence-electron chi connectivity index (χ3n) is 2.23. The number of hydrogen-bond acceptors (Lipinski definition) is 3. The first kappa shape index (κ1) is 13.7. The van der Waals surface area contributed by atoms with Crippen LogP contribution in [0, 0.1) is 17.5 Å². The molecule has 1 heterocycles. The molecule has 1 N–H and O–H groups in total. The lowest BCUT2D eigenvalue weighted by Crippen LogP contribution is -2.01. The molecule has 19 heavy (non-hydrogen) atoms. The molecule has 0 spiro atoms. The molecule has 1 aromatic heterocycles. The quantitative estimate of drug-likeness (QED) is 0.918. The standard InChI is InChI=1S/C12H8BrF3N2O/c1-17-11-8(15)5-9(16)12(18-11)19-10-4-6(13)2-3-7(10)14/h2-5H,1H3,(H,17,18). The number of nitrogens with zero attached hydrogens (tertiary/aromatic N) is 1. The van der Waals surface area contributed by atoms with Crippen molar-refractivity contribution >= 4 is 21.7 Å². The largest absolute Gasteiger partial charge is 0.433 e. The number of pyridine rings is 1. The van der Waals surface area contributed by atoms with Crippen molar-refractivity contribution < 1.29 is 17.9 Å². The van der Waals surface area contributed by atoms with Gasteiger partial charge in [0.25, 0.3) is 5.88 Å². The van der Waals surface area contributed by atoms with Gasteiger partial charge in [-0.15, -0.1) is 0 Å². The molecule has 0 radical (unpaired) electrons. The number of benzene rings is 1. The van der Waals surface area contributed by atoms with Crippen LogP contribution < -0.4 is 10.1 Å². The van der Waals surface area contributed by atoms with Crippen molar-refractivity contribution in [2.45, 2.75) is 0 Å². The molecule has 0 atom stereocenters. The summed E-state index contributed by atoms with van der Waals surface area (Å²) < 4.78 is 45.7. The van der Waals surface area contributed by atoms with E-state index in [1.54, 1.807) is 0 Å². The minimum atomic E-state index is -1.02. The number of rotatable bonds is 3. The zero-order chi connectivity index (χ0) is 14.0. The number of anilines is 1. The Kier molecular flexibility index (Phi) is 3.94. The van der Waals surface area contributed by atoms with Crippen LogP contribution in [0.5, 0.6) is 11.6 Å². The van der Waals surface area contributed by atoms with Crippen LogP contribution in [0.3, 0.4) is 0 Å². The predicted molar refractivity (Wildman–Crippen MR) is 67.9 cm³/mol. The maximum atomic E-state index is 13.5. The van der Waals surface area contributed by atoms with Crippen LogP contribution in [0.4, 0.5) is 19.0 Å². The summed E-state index contributed by atoms with van der Waals surface area (Å²) in [5.41, 5.74) is 0. The molecule has 0 aliphatic heterocycles. The van der Waals surface area contributed by atoms with Gasteiger partial charge in [-0.2, -0.15) is 4.98 Å². The average molecular weight is 333 g/mol. The fourth-order valence-electron chi connectivity index (χ4n) is 1.36. The normalized spacial score (nSPS) is 10.4. The van der Waals surface area contributed by atoms with Crippen molar-refractivity contribution in [3.8, 4) is 11.6 Å². The van der Waals surface area contributed by atoms with Crippen LogP contribution in [0.25, 0.3) is 0 Å². The zero-order valence-electron chi connectivity index (χ0n) is 9.68. The minimum Gasteiger partial charge on any atom is -0.433 e. The molecule has 0 amide bonds. The van der Waals surface area contributed by atoms with E-state index in [0.717, 1.165) is 6.07 Å². The van der Waals surface area contributed by atoms with Gasteiger partial charge in [0.2, 0.25) is 0 Å². The maximum absolute atomic E-state index is 13.5. The van der Waals surface area contributed by atoms with Gasteiger partial charge >= 0.3 is 0 Å². The van der Waals surface area contributed by atoms with Crippen molar-refractivity contribution in [3.05, 3.63) is 46.2 Å². The van der Waals surface area contributed by atoms with Gasteiger partial charge in [0.05, 0.1) is 0 Å². The number of hydrogen-bond donors (Lipinski definition) is 1. The summed E-state index contributed by atoms with van der Waals surface area (Å²) >= 11 is 3.13. The molecule has 3 nitrogen and oxygen atoms in total. The highest BCUT2D eigenvalue weighted by Gasteiger charge is 2.15. The van der Waals surface area contributed by atoms with Crippen molar-refractivity contribution in [3.63, 3.8) is 0 Å². The van der Waals surface area contributed by atoms with E-state index >= 15 is 0 Å². The smallest absolute Gasteiger partial charge is 0.258 e. The van der Waals surface area contributed by atoms with Crippen LogP contribution in [0.1, 0.15) is 0 Å². The lowest BCUT2D eigenvalue weighted by atomic mass is 10.3. The van der Waals surface area contributed by atoms with E-state index in [2.05, 4.69) is 26.2 Å². The Morgan fingerprint density at radius 1 is 1.11 bits per heavy atom. The summed E-state index contributed by atoms with van der Waals surface area (Å²) in [7, 11) is 1.42. The Hall–Kier alpha value is -1.76. The predicted octanol–water partition coefficient (Wildman–Crippen LogP) is 4.10. The molecule has 0 fully saturated rings. The SMILES string of the molecule is CNc1nc(Oc2cc(Br)ccc2F)c(F)cc1F. The Labute approximate surface area is 115 Å². The average Bonchev–Trinajstić information content (AvgIpc) is 2.37. The molecule has 0 saturated heterocycles. The van der Waals surface area contributed by atoms with Crippen LogP contribution in [0.2, 0.25) is 0 Å². The molecule has 2 aromatic rings. The molecule has 0 aliphatic carbocycles. The molecule has 0 aliphatic rings. The Morgan fingerprint density at radius 3 is 2.53 bits per heavy atom. The Morgan fingerprint density at radius 2 is 1.84 bits per heavy atom. The number of ether oxygens (including phenoxy) is 1. The van der Waals surface area contributed by atoms with E-state index in [4.69, 9.17) is 4.74 Å². The second-order valence-corrected chi connectivity index (χ2v) is 4.45. The molecule has 7 heteroatoms. The molecule has 1 aromatic carbocycles. The van der Waals surface area contributed by atoms with Crippen molar-refractivity contribution in [1.82, 2.24) is 4.98 Å². The minimum absolute atomic E-state index is 0.188. The van der Waals surface area contributed by atoms with Gasteiger partial charge in [-0.05, 0) is 18.2 Å². The first-order valence-electron chi connectivity index (χ1n) is 5.18. The Bertz CT molecular complexity index is 622. The molecular formula is C12H8BrF3N2O. The molecule has 100 valence electrons. The molecule has 0 unspecified atom stereocenters. The highest BCUT2D eigenvalue weighted by Crippen LogP contribution is 2.29. The van der Waals surface area contributed by atoms with Crippen LogP contribution >= 0.6 is 15.9 Å². The first-order valence-corrected chi connectivity index (χ1v) is 5.97. The fourth-order valence-corrected chi connectivity index (χ4v) is 1.70. The summed E-state index contributed by atoms with van der Waals surface area (Å²) in [6, 6.07) is 4.55. The third-order valence-corrected chi connectivity index (χ3v) is 2.73. The van der Waals surface area contributed by atoms with Gasteiger partial charge in [0, 0.05) is 17.6 Å². The molecular weight excluding hydrogens is 325 g/mol. The summed E-state index contributed by atoms with van der Waals surface area (Å²) in [5.74, 6) is -3.47. The lowest BCUT2D eigenvalue weighted by molar-refractivity contribution is 0.395. The first-order chi connectivity index (χ1) is 9.01. The molecule has 0 bridgehead atoms. The van der Waals surface area contributed by atoms with Gasteiger partial charge in [-0.25, -0.2) is 13.2 Å². The monoisotopic (exact) mass is 332 g/mol. The van der Waals surface area contributed by atoms with Crippen LogP contribution in [-0.4, -0.2) is 12.0 Å². The van der Waals surface area contributed by atoms with Crippen molar-refractivity contribution in [2.75, 3.05) is 12.4 Å². The van der Waals surface area contributed by atoms with Crippen molar-refractivity contribution in [2.24, 2.45) is 0 Å². The zero-order valence-corrected chi connectivity index (χ0v) is 11.3. The number of nitrogens with one attached hydrogen (secondary N) is 1. The fraction of sp³-hybridized carbons (Fsp3) is 0.0833. The van der Waals surface area contributed by atoms with Crippen LogP contribution in [-0.2, 0) is 0 Å². The van der Waals surface area contributed by atoms with Crippen LogP contribution in [0.15, 0.2) is 28.7 Å². The van der Waals surface area contributed by atoms with E-state index in [9.17, 15) is 13.2 Å². The van der Waals surface area contributed by atoms with E-state index < -0.39 is 23.3 Å². The van der Waals surface area contributed by atoms with Gasteiger partial charge in [-0.3, -0.25) is 0 Å². The highest BCUT2D eigenvalue weighted by molar-refractivity contribution is 9.10. The summed E-state index contributed by atoms with van der Waals surface area (Å²) in [4.78, 5) is 3.59. The second-order valence-electron chi connectivity index (χ2n) is 3.53. The lowest BCUT2D eigenvalue weighted by Gasteiger charge is -2.09. The van der Waals surface area contributed by atoms with Gasteiger partial charge in [-0.1, -0.05) is 15.9 Å². The Balaban J connectivity index is 2.40. The van der Waals surface area contributed by atoms with Crippen molar-refractivity contribution in [1.29, 1.82) is 0 Å². The summed E-state index contributed by atoms with van der Waals surface area (Å²) in [6.45, 7) is 0. The second kappa shape index (κ2) is 5.48. The van der Waals surface area contributed by atoms with E-state index in [1.807, 2.05) is 0 Å². The maximum Gasteiger partial charge on any atom is 0.258 e. The highest BCUT2D eigenvalue weighted by atomic mass is 79.9. The number of aromatic nitrogens is 1. The molecule has 2 rings (SSSR count). The summed E-state index contributed by atoms with van der Waals surface area (Å²) in [5, 5.41) is 2.44. The van der Waals surface area contributed by atoms with Gasteiger partial charge in [0.15, 0.2) is 29.0 Å². The van der Waals surface area contributed by atoms with E-state index in [0.29, 0.717) is 10.5 Å².